The number of fused-ring (bicyclic) bond motifs is 1. The number of anilines is 1. The van der Waals surface area contributed by atoms with Gasteiger partial charge in [-0.05, 0) is 34.9 Å². The number of carbonyl (C=O) groups is 2. The third-order valence-corrected chi connectivity index (χ3v) is 6.95. The highest BCUT2D eigenvalue weighted by Gasteiger charge is 2.52. The zero-order valence-corrected chi connectivity index (χ0v) is 23.6. The first-order chi connectivity index (χ1) is 20.7. The number of terminal acetylenes is 1. The van der Waals surface area contributed by atoms with Crippen molar-refractivity contribution in [2.75, 3.05) is 12.3 Å². The van der Waals surface area contributed by atoms with E-state index in [0.717, 1.165) is 5.56 Å². The summed E-state index contributed by atoms with van der Waals surface area (Å²) in [7, 11) is 1.60. The number of nitrogen functional groups attached to an aromatic ring is 1. The van der Waals surface area contributed by atoms with Crippen molar-refractivity contribution in [3.8, 4) is 12.3 Å². The van der Waals surface area contributed by atoms with E-state index in [0.29, 0.717) is 16.6 Å². The largest absolute Gasteiger partial charge is 0.509 e. The fourth-order valence-corrected chi connectivity index (χ4v) is 4.68. The minimum atomic E-state index is -1.74. The van der Waals surface area contributed by atoms with Crippen molar-refractivity contribution < 1.29 is 33.3 Å². The second-order valence-corrected chi connectivity index (χ2v) is 9.96. The molecular formula is C29H26ClN5O8. The number of carbonyl (C=O) groups excluding carboxylic acids is 2. The molecule has 0 amide bonds. The van der Waals surface area contributed by atoms with E-state index >= 15 is 0 Å². The van der Waals surface area contributed by atoms with Crippen LogP contribution in [0.1, 0.15) is 23.8 Å². The predicted octanol–water partition coefficient (Wildman–Crippen LogP) is 3.73. The van der Waals surface area contributed by atoms with Crippen LogP contribution in [-0.4, -0.2) is 49.7 Å². The lowest BCUT2D eigenvalue weighted by Crippen LogP contribution is -2.45. The fourth-order valence-electron chi connectivity index (χ4n) is 4.51. The third kappa shape index (κ3) is 6.56. The summed E-state index contributed by atoms with van der Waals surface area (Å²) in [5.74, 6) is 2.65. The van der Waals surface area contributed by atoms with Crippen LogP contribution in [0.3, 0.4) is 0 Å². The maximum Gasteiger partial charge on any atom is 0.509 e. The molecule has 1 saturated heterocycles. The fraction of sp³-hybridized carbons (Fsp3) is 0.276. The summed E-state index contributed by atoms with van der Waals surface area (Å²) >= 11 is 6.04. The van der Waals surface area contributed by atoms with Crippen molar-refractivity contribution in [2.24, 2.45) is 7.05 Å². The Morgan fingerprint density at radius 2 is 1.84 bits per heavy atom. The van der Waals surface area contributed by atoms with E-state index in [2.05, 4.69) is 15.9 Å². The quantitative estimate of drug-likeness (QED) is 0.177. The number of pyridine rings is 1. The van der Waals surface area contributed by atoms with E-state index in [-0.39, 0.29) is 36.3 Å². The van der Waals surface area contributed by atoms with E-state index in [1.165, 1.54) is 10.6 Å². The van der Waals surface area contributed by atoms with Crippen molar-refractivity contribution in [1.82, 2.24) is 19.1 Å². The smallest absolute Gasteiger partial charge is 0.430 e. The lowest BCUT2D eigenvalue weighted by atomic mass is 9.98. The van der Waals surface area contributed by atoms with E-state index in [1.54, 1.807) is 60.4 Å². The molecule has 1 aromatic carbocycles. The predicted molar refractivity (Wildman–Crippen MR) is 153 cm³/mol. The van der Waals surface area contributed by atoms with Gasteiger partial charge in [-0.2, -0.15) is 4.98 Å². The van der Waals surface area contributed by atoms with Gasteiger partial charge in [-0.1, -0.05) is 36.3 Å². The summed E-state index contributed by atoms with van der Waals surface area (Å²) in [5.41, 5.74) is 5.55. The highest BCUT2D eigenvalue weighted by molar-refractivity contribution is 6.28. The summed E-state index contributed by atoms with van der Waals surface area (Å²) in [6.45, 7) is -0.796. The van der Waals surface area contributed by atoms with Crippen LogP contribution < -0.4 is 11.3 Å². The van der Waals surface area contributed by atoms with E-state index in [4.69, 9.17) is 47.4 Å². The average Bonchev–Trinajstić information content (AvgIpc) is 3.58. The molecule has 5 rings (SSSR count). The number of rotatable bonds is 8. The van der Waals surface area contributed by atoms with Gasteiger partial charge in [0.2, 0.25) is 10.9 Å². The van der Waals surface area contributed by atoms with Gasteiger partial charge in [0.25, 0.3) is 5.56 Å². The summed E-state index contributed by atoms with van der Waals surface area (Å²) in [6, 6.07) is 13.7. The number of nitrogens with zero attached hydrogens (tertiary/aromatic N) is 4. The molecule has 0 saturated carbocycles. The normalized spacial score (nSPS) is 19.5. The molecule has 1 aliphatic rings. The number of hydrogen-bond acceptors (Lipinski definition) is 11. The first-order valence-corrected chi connectivity index (χ1v) is 13.3. The Bertz CT molecular complexity index is 1750. The van der Waals surface area contributed by atoms with Crippen LogP contribution in [-0.2, 0) is 43.9 Å². The summed E-state index contributed by atoms with van der Waals surface area (Å²) < 4.78 is 30.6. The van der Waals surface area contributed by atoms with E-state index in [9.17, 15) is 14.4 Å². The van der Waals surface area contributed by atoms with Crippen molar-refractivity contribution in [1.29, 1.82) is 0 Å². The lowest BCUT2D eigenvalue weighted by molar-refractivity contribution is -0.106. The molecule has 4 aromatic rings. The maximum atomic E-state index is 12.7. The molecular weight excluding hydrogens is 582 g/mol. The molecule has 0 spiro atoms. The van der Waals surface area contributed by atoms with Gasteiger partial charge in [-0.15, -0.1) is 6.42 Å². The maximum absolute atomic E-state index is 12.7. The van der Waals surface area contributed by atoms with Crippen LogP contribution in [0.15, 0.2) is 65.7 Å². The molecule has 3 atom stereocenters. The summed E-state index contributed by atoms with van der Waals surface area (Å²) in [5, 5.41) is 0.437. The lowest BCUT2D eigenvalue weighted by Gasteiger charge is -2.28. The van der Waals surface area contributed by atoms with Gasteiger partial charge in [-0.25, -0.2) is 14.6 Å². The molecule has 222 valence electrons. The molecule has 43 heavy (non-hydrogen) atoms. The van der Waals surface area contributed by atoms with E-state index in [1.807, 2.05) is 6.07 Å². The van der Waals surface area contributed by atoms with Crippen LogP contribution in [0.4, 0.5) is 15.4 Å². The number of nitrogens with two attached hydrogens (primary N) is 1. The van der Waals surface area contributed by atoms with Crippen LogP contribution in [0.5, 0.6) is 0 Å². The Kier molecular flexibility index (Phi) is 8.51. The zero-order chi connectivity index (χ0) is 30.6. The highest BCUT2D eigenvalue weighted by atomic mass is 35.5. The first kappa shape index (κ1) is 29.4. The molecule has 1 fully saturated rings. The van der Waals surface area contributed by atoms with Gasteiger partial charge >= 0.3 is 12.3 Å². The number of ether oxygens (including phenoxy) is 5. The molecule has 13 nitrogen and oxygen atoms in total. The van der Waals surface area contributed by atoms with Gasteiger partial charge in [0.05, 0.1) is 5.39 Å². The van der Waals surface area contributed by atoms with Crippen molar-refractivity contribution in [3.63, 3.8) is 0 Å². The van der Waals surface area contributed by atoms with Gasteiger partial charge in [-0.3, -0.25) is 4.79 Å². The Morgan fingerprint density at radius 1 is 1.09 bits per heavy atom. The number of hydrogen-bond donors (Lipinski definition) is 1. The summed E-state index contributed by atoms with van der Waals surface area (Å²) in [4.78, 5) is 45.3. The Morgan fingerprint density at radius 3 is 2.58 bits per heavy atom. The van der Waals surface area contributed by atoms with Crippen molar-refractivity contribution in [2.45, 2.75) is 37.6 Å². The topological polar surface area (TPSA) is 159 Å². The van der Waals surface area contributed by atoms with Crippen LogP contribution in [0, 0.1) is 12.3 Å². The zero-order valence-electron chi connectivity index (χ0n) is 22.8. The number of aryl methyl sites for hydroxylation is 1. The SMILES string of the molecule is C#C[C@]1(COC(=O)OCc2ccn(C)c(=O)c2)O[C@@H](n2ccc3c(N)nc(Cl)nc32)C[C@@H]1OC(=O)OCc1ccccc1. The minimum absolute atomic E-state index is 0.0294. The second kappa shape index (κ2) is 12.4. The Hall–Kier alpha value is -5.06. The van der Waals surface area contributed by atoms with Crippen LogP contribution >= 0.6 is 11.6 Å². The standard InChI is InChI=1S/C29H26ClN5O8/c1-3-29(17-41-27(37)39-16-19-9-11-34(2)22(36)13-19)21(42-28(38)40-15-18-7-5-4-6-8-18)14-23(43-29)35-12-10-20-24(31)32-26(30)33-25(20)35/h1,4-13,21,23H,14-17H2,2H3,(H2,31,32,33)/t21-,23+,29+/m0/s1. The molecule has 0 unspecified atom stereocenters. The molecule has 2 N–H and O–H groups in total. The van der Waals surface area contributed by atoms with Crippen molar-refractivity contribution >= 4 is 40.8 Å². The van der Waals surface area contributed by atoms with E-state index < -0.39 is 36.9 Å². The third-order valence-electron chi connectivity index (χ3n) is 6.78. The average molecular weight is 608 g/mol. The number of halogens is 1. The van der Waals surface area contributed by atoms with Gasteiger partial charge in [0.1, 0.15) is 37.5 Å². The molecule has 0 radical (unpaired) electrons. The second-order valence-electron chi connectivity index (χ2n) is 9.62. The van der Waals surface area contributed by atoms with Crippen molar-refractivity contribution in [3.05, 3.63) is 87.7 Å². The first-order valence-electron chi connectivity index (χ1n) is 12.9. The molecule has 0 bridgehead atoms. The van der Waals surface area contributed by atoms with Gasteiger partial charge < -0.3 is 38.6 Å². The number of benzene rings is 1. The monoisotopic (exact) mass is 607 g/mol. The number of aromatic nitrogens is 4. The highest BCUT2D eigenvalue weighted by Crippen LogP contribution is 2.41. The van der Waals surface area contributed by atoms with Gasteiger partial charge in [0, 0.05) is 31.9 Å². The van der Waals surface area contributed by atoms with Crippen LogP contribution in [0.2, 0.25) is 5.28 Å². The molecule has 1 aliphatic heterocycles. The molecule has 4 heterocycles. The Labute approximate surface area is 250 Å². The van der Waals surface area contributed by atoms with Crippen LogP contribution in [0.25, 0.3) is 11.0 Å². The molecule has 3 aromatic heterocycles. The minimum Gasteiger partial charge on any atom is -0.430 e. The summed E-state index contributed by atoms with van der Waals surface area (Å²) in [6.07, 6.45) is 5.08. The Balaban J connectivity index is 1.33. The van der Waals surface area contributed by atoms with Gasteiger partial charge in [0.15, 0.2) is 6.10 Å². The molecule has 0 aliphatic carbocycles. The molecule has 14 heteroatoms.